The molecule has 2 atom stereocenters. The molecule has 0 radical (unpaired) electrons. The first kappa shape index (κ1) is 16.4. The zero-order valence-electron chi connectivity index (χ0n) is 12.9. The minimum absolute atomic E-state index is 0.0211. The van der Waals surface area contributed by atoms with Gasteiger partial charge in [-0.3, -0.25) is 14.5 Å². The van der Waals surface area contributed by atoms with Gasteiger partial charge in [0.25, 0.3) is 5.91 Å². The molecule has 0 aliphatic carbocycles. The maximum atomic E-state index is 12.3. The Hall–Kier alpha value is -2.48. The summed E-state index contributed by atoms with van der Waals surface area (Å²) >= 11 is 1.44. The smallest absolute Gasteiger partial charge is 0.352 e. The highest BCUT2D eigenvalue weighted by Crippen LogP contribution is 2.40. The number of phenolic OH excluding ortho intramolecular Hbond substituents is 1. The van der Waals surface area contributed by atoms with Crippen LogP contribution in [-0.2, 0) is 20.8 Å². The van der Waals surface area contributed by atoms with Crippen LogP contribution in [-0.4, -0.2) is 50.1 Å². The number of hydrogen-bond acceptors (Lipinski definition) is 5. The molecule has 0 saturated carbocycles. The highest BCUT2D eigenvalue weighted by molar-refractivity contribution is 8.00. The van der Waals surface area contributed by atoms with Gasteiger partial charge in [0.1, 0.15) is 22.9 Å². The van der Waals surface area contributed by atoms with E-state index < -0.39 is 17.9 Å². The van der Waals surface area contributed by atoms with Gasteiger partial charge in [0.2, 0.25) is 5.91 Å². The van der Waals surface area contributed by atoms with Crippen LogP contribution in [0.25, 0.3) is 0 Å². The molecular weight excluding hydrogens is 332 g/mol. The van der Waals surface area contributed by atoms with Crippen molar-refractivity contribution in [3.63, 3.8) is 0 Å². The lowest BCUT2D eigenvalue weighted by molar-refractivity contribution is -0.150. The molecule has 2 aliphatic rings. The third-order valence-corrected chi connectivity index (χ3v) is 5.40. The van der Waals surface area contributed by atoms with E-state index in [1.165, 1.54) is 28.8 Å². The molecule has 126 valence electrons. The summed E-state index contributed by atoms with van der Waals surface area (Å²) in [7, 11) is 0. The number of carboxylic acids is 1. The van der Waals surface area contributed by atoms with Gasteiger partial charge in [-0.25, -0.2) is 4.79 Å². The first-order chi connectivity index (χ1) is 11.4. The predicted octanol–water partition coefficient (Wildman–Crippen LogP) is 0.693. The maximum absolute atomic E-state index is 12.3. The van der Waals surface area contributed by atoms with E-state index in [2.05, 4.69) is 5.32 Å². The van der Waals surface area contributed by atoms with E-state index in [4.69, 9.17) is 0 Å². The number of hydrogen-bond donors (Lipinski definition) is 3. The van der Waals surface area contributed by atoms with Gasteiger partial charge in [0.15, 0.2) is 0 Å². The molecule has 7 nitrogen and oxygen atoms in total. The number of β-lactam (4-membered cyclic amide) rings is 1. The van der Waals surface area contributed by atoms with Gasteiger partial charge in [0.05, 0.1) is 6.42 Å². The van der Waals surface area contributed by atoms with Gasteiger partial charge in [-0.2, -0.15) is 0 Å². The van der Waals surface area contributed by atoms with Crippen molar-refractivity contribution in [2.24, 2.45) is 0 Å². The van der Waals surface area contributed by atoms with Gasteiger partial charge >= 0.3 is 5.97 Å². The lowest BCUT2D eigenvalue weighted by Gasteiger charge is -2.49. The molecule has 2 amide bonds. The largest absolute Gasteiger partial charge is 0.508 e. The summed E-state index contributed by atoms with van der Waals surface area (Å²) < 4.78 is 0. The molecule has 8 heteroatoms. The first-order valence-corrected chi connectivity index (χ1v) is 8.38. The fourth-order valence-electron chi connectivity index (χ4n) is 2.80. The van der Waals surface area contributed by atoms with Crippen LogP contribution in [0.4, 0.5) is 0 Å². The lowest BCUT2D eigenvalue weighted by atomic mass is 10.0. The van der Waals surface area contributed by atoms with Crippen molar-refractivity contribution in [1.82, 2.24) is 10.2 Å². The van der Waals surface area contributed by atoms with Crippen LogP contribution in [0.1, 0.15) is 12.5 Å². The van der Waals surface area contributed by atoms with Crippen molar-refractivity contribution in [3.8, 4) is 5.75 Å². The topological polar surface area (TPSA) is 107 Å². The van der Waals surface area contributed by atoms with E-state index in [-0.39, 0.29) is 29.1 Å². The van der Waals surface area contributed by atoms with E-state index in [9.17, 15) is 24.6 Å². The summed E-state index contributed by atoms with van der Waals surface area (Å²) in [6, 6.07) is 5.54. The molecular formula is C16H16N2O5S. The Balaban J connectivity index is 1.66. The zero-order valence-corrected chi connectivity index (χ0v) is 13.7. The average molecular weight is 348 g/mol. The third-order valence-electron chi connectivity index (χ3n) is 3.98. The summed E-state index contributed by atoms with van der Waals surface area (Å²) in [6.07, 6.45) is 0.0854. The van der Waals surface area contributed by atoms with Crippen LogP contribution in [0.15, 0.2) is 35.5 Å². The molecule has 1 aromatic carbocycles. The van der Waals surface area contributed by atoms with Crippen LogP contribution < -0.4 is 5.32 Å². The number of carboxylic acid groups (broad SMARTS) is 1. The number of nitrogens with one attached hydrogen (secondary N) is 1. The Morgan fingerprint density at radius 1 is 1.33 bits per heavy atom. The summed E-state index contributed by atoms with van der Waals surface area (Å²) in [4.78, 5) is 37.0. The minimum Gasteiger partial charge on any atom is -0.508 e. The molecule has 1 saturated heterocycles. The first-order valence-electron chi connectivity index (χ1n) is 7.33. The van der Waals surface area contributed by atoms with Crippen molar-refractivity contribution in [2.45, 2.75) is 24.8 Å². The van der Waals surface area contributed by atoms with Crippen molar-refractivity contribution >= 4 is 29.5 Å². The SMILES string of the molecule is CC1=C(C(=O)O)N2C(=O)C(NC(=O)Cc3ccc(O)cc3)C2SC1. The standard InChI is InChI=1S/C16H16N2O5S/c1-8-7-24-15-12(14(21)18(15)13(8)16(22)23)17-11(20)6-9-2-4-10(19)5-3-9/h2-5,12,15,19H,6-7H2,1H3,(H,17,20)(H,22,23). The van der Waals surface area contributed by atoms with Gasteiger partial charge < -0.3 is 15.5 Å². The molecule has 3 rings (SSSR count). The number of nitrogens with zero attached hydrogens (tertiary/aromatic N) is 1. The van der Waals surface area contributed by atoms with Crippen LogP contribution in [0, 0.1) is 0 Å². The van der Waals surface area contributed by atoms with Crippen LogP contribution in [0.5, 0.6) is 5.75 Å². The second-order valence-electron chi connectivity index (χ2n) is 5.73. The van der Waals surface area contributed by atoms with Crippen LogP contribution in [0.2, 0.25) is 0 Å². The molecule has 0 bridgehead atoms. The number of thioether (sulfide) groups is 1. The monoisotopic (exact) mass is 348 g/mol. The Kier molecular flexibility index (Phi) is 4.23. The van der Waals surface area contributed by atoms with E-state index in [0.717, 1.165) is 0 Å². The molecule has 2 heterocycles. The van der Waals surface area contributed by atoms with E-state index in [0.29, 0.717) is 16.9 Å². The van der Waals surface area contributed by atoms with Crippen molar-refractivity contribution in [1.29, 1.82) is 0 Å². The molecule has 1 aromatic rings. The summed E-state index contributed by atoms with van der Waals surface area (Å²) in [5.41, 5.74) is 1.38. The molecule has 0 aromatic heterocycles. The predicted molar refractivity (Wildman–Crippen MR) is 87.2 cm³/mol. The molecule has 1 fully saturated rings. The number of carbonyl (C=O) groups is 3. The fourth-order valence-corrected chi connectivity index (χ4v) is 4.09. The second-order valence-corrected chi connectivity index (χ2v) is 6.84. The average Bonchev–Trinajstić information content (AvgIpc) is 2.54. The van der Waals surface area contributed by atoms with Crippen LogP contribution in [0.3, 0.4) is 0 Å². The number of phenols is 1. The number of amides is 2. The number of aromatic hydroxyl groups is 1. The Bertz CT molecular complexity index is 743. The Morgan fingerprint density at radius 3 is 2.62 bits per heavy atom. The third kappa shape index (κ3) is 2.84. The molecule has 24 heavy (non-hydrogen) atoms. The molecule has 3 N–H and O–H groups in total. The second kappa shape index (κ2) is 6.20. The number of carbonyl (C=O) groups excluding carboxylic acids is 2. The van der Waals surface area contributed by atoms with E-state index in [1.54, 1.807) is 19.1 Å². The Labute approximate surface area is 142 Å². The van der Waals surface area contributed by atoms with Gasteiger partial charge in [-0.1, -0.05) is 12.1 Å². The molecule has 0 spiro atoms. The van der Waals surface area contributed by atoms with Gasteiger partial charge in [-0.15, -0.1) is 11.8 Å². The van der Waals surface area contributed by atoms with Crippen molar-refractivity contribution in [2.75, 3.05) is 5.75 Å². The summed E-state index contributed by atoms with van der Waals surface area (Å²) in [6.45, 7) is 1.69. The molecule has 2 unspecified atom stereocenters. The van der Waals surface area contributed by atoms with Gasteiger partial charge in [0, 0.05) is 5.75 Å². The zero-order chi connectivity index (χ0) is 17.4. The number of benzene rings is 1. The Morgan fingerprint density at radius 2 is 2.00 bits per heavy atom. The van der Waals surface area contributed by atoms with Crippen molar-refractivity contribution in [3.05, 3.63) is 41.1 Å². The number of fused-ring (bicyclic) bond motifs is 1. The van der Waals surface area contributed by atoms with Crippen molar-refractivity contribution < 1.29 is 24.6 Å². The number of aliphatic carboxylic acids is 1. The summed E-state index contributed by atoms with van der Waals surface area (Å²) in [5.74, 6) is -1.21. The lowest BCUT2D eigenvalue weighted by Crippen LogP contribution is -2.70. The van der Waals surface area contributed by atoms with E-state index >= 15 is 0 Å². The molecule has 2 aliphatic heterocycles. The quantitative estimate of drug-likeness (QED) is 0.691. The van der Waals surface area contributed by atoms with Gasteiger partial charge in [-0.05, 0) is 30.2 Å². The van der Waals surface area contributed by atoms with Crippen LogP contribution >= 0.6 is 11.8 Å². The number of rotatable bonds is 4. The minimum atomic E-state index is -1.12. The highest BCUT2D eigenvalue weighted by Gasteiger charge is 2.53. The normalized spacial score (nSPS) is 22.7. The summed E-state index contributed by atoms with van der Waals surface area (Å²) in [5, 5.41) is 20.8. The maximum Gasteiger partial charge on any atom is 0.352 e. The highest BCUT2D eigenvalue weighted by atomic mass is 32.2. The fraction of sp³-hybridized carbons (Fsp3) is 0.312. The van der Waals surface area contributed by atoms with E-state index in [1.807, 2.05) is 0 Å².